The minimum atomic E-state index is -0.800. The van der Waals surface area contributed by atoms with Crippen molar-refractivity contribution in [2.75, 3.05) is 0 Å². The van der Waals surface area contributed by atoms with Gasteiger partial charge in [-0.1, -0.05) is 0 Å². The summed E-state index contributed by atoms with van der Waals surface area (Å²) in [6.07, 6.45) is 0. The molecule has 0 spiro atoms. The van der Waals surface area contributed by atoms with Crippen molar-refractivity contribution in [2.24, 2.45) is 0 Å². The van der Waals surface area contributed by atoms with Gasteiger partial charge >= 0.3 is 0 Å². The number of phenolic OH excluding ortho intramolecular Hbond substituents is 5. The molecular weight excluding hydrogens is 264 g/mol. The predicted octanol–water partition coefficient (Wildman–Crippen LogP) is 1.75. The summed E-state index contributed by atoms with van der Waals surface area (Å²) in [7, 11) is 0. The molecule has 0 heterocycles. The monoisotopic (exact) mass is 276 g/mol. The molecule has 2 rings (SSSR count). The molecule has 0 aliphatic carbocycles. The second-order valence-electron chi connectivity index (χ2n) is 4.34. The van der Waals surface area contributed by atoms with Crippen LogP contribution in [0.2, 0.25) is 0 Å². The summed E-state index contributed by atoms with van der Waals surface area (Å²) in [5, 5.41) is 47.5. The van der Waals surface area contributed by atoms with Crippen LogP contribution in [0.25, 0.3) is 0 Å². The van der Waals surface area contributed by atoms with Crippen LogP contribution in [0.1, 0.15) is 21.5 Å². The van der Waals surface area contributed by atoms with Crippen LogP contribution in [0.4, 0.5) is 0 Å². The van der Waals surface area contributed by atoms with Crippen LogP contribution in [0.15, 0.2) is 24.3 Å². The van der Waals surface area contributed by atoms with Crippen LogP contribution >= 0.6 is 0 Å². The zero-order valence-corrected chi connectivity index (χ0v) is 10.5. The van der Waals surface area contributed by atoms with E-state index in [0.29, 0.717) is 5.56 Å². The topological polar surface area (TPSA) is 118 Å². The summed E-state index contributed by atoms with van der Waals surface area (Å²) in [5.41, 5.74) is -0.149. The van der Waals surface area contributed by atoms with E-state index in [0.717, 1.165) is 18.2 Å². The van der Waals surface area contributed by atoms with Crippen LogP contribution in [-0.4, -0.2) is 31.3 Å². The Balaban J connectivity index is 2.57. The molecule has 0 atom stereocenters. The van der Waals surface area contributed by atoms with Crippen molar-refractivity contribution < 1.29 is 30.3 Å². The van der Waals surface area contributed by atoms with Gasteiger partial charge in [-0.05, 0) is 30.7 Å². The highest BCUT2D eigenvalue weighted by atomic mass is 16.3. The Morgan fingerprint density at radius 3 is 1.75 bits per heavy atom. The van der Waals surface area contributed by atoms with E-state index in [1.165, 1.54) is 6.07 Å². The van der Waals surface area contributed by atoms with Gasteiger partial charge in [0.25, 0.3) is 0 Å². The van der Waals surface area contributed by atoms with Gasteiger partial charge in [-0.25, -0.2) is 0 Å². The lowest BCUT2D eigenvalue weighted by atomic mass is 9.99. The van der Waals surface area contributed by atoms with Crippen LogP contribution in [0.5, 0.6) is 28.7 Å². The Morgan fingerprint density at radius 2 is 1.15 bits per heavy atom. The molecule has 6 nitrogen and oxygen atoms in total. The van der Waals surface area contributed by atoms with Crippen LogP contribution < -0.4 is 0 Å². The fourth-order valence-corrected chi connectivity index (χ4v) is 1.76. The van der Waals surface area contributed by atoms with E-state index < -0.39 is 23.0 Å². The molecule has 0 saturated carbocycles. The highest BCUT2D eigenvalue weighted by Crippen LogP contribution is 2.35. The standard InChI is InChI=1S/C14H12O6/c1-6-2-10(16)7(3-9(6)15)14(20)8-4-12(18)13(19)5-11(8)17/h2-5,15-19H,1H3. The number of aromatic hydroxyl groups is 5. The van der Waals surface area contributed by atoms with Gasteiger partial charge in [0.05, 0.1) is 11.1 Å². The zero-order valence-electron chi connectivity index (χ0n) is 10.5. The third-order valence-electron chi connectivity index (χ3n) is 2.90. The molecule has 0 aliphatic heterocycles. The molecule has 2 aromatic rings. The summed E-state index contributed by atoms with van der Waals surface area (Å²) in [5.74, 6) is -3.06. The normalized spacial score (nSPS) is 10.4. The van der Waals surface area contributed by atoms with Crippen LogP contribution in [0.3, 0.4) is 0 Å². The quantitative estimate of drug-likeness (QED) is 0.324. The number of hydrogen-bond donors (Lipinski definition) is 5. The maximum Gasteiger partial charge on any atom is 0.200 e. The lowest BCUT2D eigenvalue weighted by Gasteiger charge is -2.09. The Labute approximate surface area is 113 Å². The van der Waals surface area contributed by atoms with Gasteiger partial charge in [0.1, 0.15) is 17.2 Å². The molecule has 0 amide bonds. The lowest BCUT2D eigenvalue weighted by Crippen LogP contribution is -2.02. The number of carbonyl (C=O) groups is 1. The van der Waals surface area contributed by atoms with Crippen molar-refractivity contribution in [1.82, 2.24) is 0 Å². The fourth-order valence-electron chi connectivity index (χ4n) is 1.76. The smallest absolute Gasteiger partial charge is 0.200 e. The second kappa shape index (κ2) is 4.65. The summed E-state index contributed by atoms with van der Waals surface area (Å²) in [6.45, 7) is 1.55. The average molecular weight is 276 g/mol. The Morgan fingerprint density at radius 1 is 0.700 bits per heavy atom. The minimum Gasteiger partial charge on any atom is -0.508 e. The molecule has 0 bridgehead atoms. The first-order chi connectivity index (χ1) is 9.31. The molecule has 20 heavy (non-hydrogen) atoms. The molecule has 104 valence electrons. The van der Waals surface area contributed by atoms with Gasteiger partial charge in [0.2, 0.25) is 5.78 Å². The number of carbonyl (C=O) groups excluding carboxylic acids is 1. The third kappa shape index (κ3) is 2.18. The van der Waals surface area contributed by atoms with Crippen molar-refractivity contribution in [3.8, 4) is 28.7 Å². The van der Waals surface area contributed by atoms with Gasteiger partial charge in [-0.15, -0.1) is 0 Å². The largest absolute Gasteiger partial charge is 0.508 e. The summed E-state index contributed by atoms with van der Waals surface area (Å²) in [4.78, 5) is 12.2. The van der Waals surface area contributed by atoms with Crippen molar-refractivity contribution >= 4 is 5.78 Å². The highest BCUT2D eigenvalue weighted by Gasteiger charge is 2.20. The number of hydrogen-bond acceptors (Lipinski definition) is 6. The van der Waals surface area contributed by atoms with E-state index in [1.54, 1.807) is 6.92 Å². The molecule has 2 aromatic carbocycles. The number of aryl methyl sites for hydroxylation is 1. The van der Waals surface area contributed by atoms with Crippen LogP contribution in [0, 0.1) is 6.92 Å². The SMILES string of the molecule is Cc1cc(O)c(C(=O)c2cc(O)c(O)cc2O)cc1O. The molecule has 0 aliphatic rings. The van der Waals surface area contributed by atoms with Crippen molar-refractivity contribution in [3.63, 3.8) is 0 Å². The number of benzene rings is 2. The number of ketones is 1. The molecule has 0 aromatic heterocycles. The first-order valence-corrected chi connectivity index (χ1v) is 5.63. The van der Waals surface area contributed by atoms with Gasteiger partial charge < -0.3 is 25.5 Å². The number of rotatable bonds is 2. The highest BCUT2D eigenvalue weighted by molar-refractivity contribution is 6.12. The molecule has 0 unspecified atom stereocenters. The molecular formula is C14H12O6. The van der Waals surface area contributed by atoms with Gasteiger partial charge in [-0.3, -0.25) is 4.79 Å². The van der Waals surface area contributed by atoms with Crippen molar-refractivity contribution in [3.05, 3.63) is 41.0 Å². The number of phenols is 5. The predicted molar refractivity (Wildman–Crippen MR) is 69.4 cm³/mol. The molecule has 6 heteroatoms. The maximum atomic E-state index is 12.2. The van der Waals surface area contributed by atoms with Crippen molar-refractivity contribution in [1.29, 1.82) is 0 Å². The Bertz CT molecular complexity index is 646. The summed E-state index contributed by atoms with van der Waals surface area (Å²) >= 11 is 0. The second-order valence-corrected chi connectivity index (χ2v) is 4.34. The zero-order chi connectivity index (χ0) is 15.0. The molecule has 0 fully saturated rings. The Hall–Kier alpha value is -2.89. The van der Waals surface area contributed by atoms with E-state index >= 15 is 0 Å². The van der Waals surface area contributed by atoms with E-state index in [1.807, 2.05) is 0 Å². The van der Waals surface area contributed by atoms with E-state index in [2.05, 4.69) is 0 Å². The van der Waals surface area contributed by atoms with Crippen LogP contribution in [-0.2, 0) is 0 Å². The van der Waals surface area contributed by atoms with E-state index in [4.69, 9.17) is 0 Å². The minimum absolute atomic E-state index is 0.186. The summed E-state index contributed by atoms with van der Waals surface area (Å²) in [6, 6.07) is 3.97. The first kappa shape index (κ1) is 13.5. The van der Waals surface area contributed by atoms with Gasteiger partial charge in [0, 0.05) is 6.07 Å². The average Bonchev–Trinajstić information content (AvgIpc) is 2.37. The Kier molecular flexibility index (Phi) is 3.15. The molecule has 0 saturated heterocycles. The fraction of sp³-hybridized carbons (Fsp3) is 0.0714. The molecule has 0 radical (unpaired) electrons. The van der Waals surface area contributed by atoms with E-state index in [9.17, 15) is 30.3 Å². The molecule has 5 N–H and O–H groups in total. The third-order valence-corrected chi connectivity index (χ3v) is 2.90. The van der Waals surface area contributed by atoms with Gasteiger partial charge in [-0.2, -0.15) is 0 Å². The maximum absolute atomic E-state index is 12.2. The van der Waals surface area contributed by atoms with E-state index in [-0.39, 0.29) is 22.6 Å². The lowest BCUT2D eigenvalue weighted by molar-refractivity contribution is 0.103. The van der Waals surface area contributed by atoms with Crippen molar-refractivity contribution in [2.45, 2.75) is 6.92 Å². The van der Waals surface area contributed by atoms with Gasteiger partial charge in [0.15, 0.2) is 11.5 Å². The summed E-state index contributed by atoms with van der Waals surface area (Å²) < 4.78 is 0. The first-order valence-electron chi connectivity index (χ1n) is 5.63.